The minimum atomic E-state index is -0.429. The van der Waals surface area contributed by atoms with Crippen molar-refractivity contribution < 1.29 is 0 Å². The molecule has 0 bridgehead atoms. The van der Waals surface area contributed by atoms with Gasteiger partial charge in [-0.15, -0.1) is 0 Å². The number of nitrogens with zero attached hydrogens (tertiary/aromatic N) is 1. The average Bonchev–Trinajstić information content (AvgIpc) is 3.68. The van der Waals surface area contributed by atoms with Crippen LogP contribution in [0.3, 0.4) is 0 Å². The van der Waals surface area contributed by atoms with Crippen LogP contribution in [0.5, 0.6) is 0 Å². The standard InChI is InChI=1S/C51H33N/c1-3-15-34(16-4-1)40-20-11-14-26-49(40)52(38-18-5-2-6-19-38)39-29-27-36-32-45-44-30-28-35-17-7-8-21-41(35)50(44)51(48(45)33-37(36)31-39)46-24-12-9-22-42(46)43-23-10-13-25-47(43)51/h1-33H. The summed E-state index contributed by atoms with van der Waals surface area (Å²) >= 11 is 0. The Kier molecular flexibility index (Phi) is 6.23. The second-order valence-electron chi connectivity index (χ2n) is 14.0. The van der Waals surface area contributed by atoms with E-state index in [0.717, 1.165) is 17.1 Å². The predicted molar refractivity (Wildman–Crippen MR) is 218 cm³/mol. The topological polar surface area (TPSA) is 3.24 Å². The molecule has 242 valence electrons. The van der Waals surface area contributed by atoms with Crippen molar-refractivity contribution in [3.8, 4) is 33.4 Å². The molecule has 0 aliphatic heterocycles. The molecule has 2 aliphatic rings. The minimum Gasteiger partial charge on any atom is -0.310 e. The van der Waals surface area contributed by atoms with E-state index < -0.39 is 5.41 Å². The Morgan fingerprint density at radius 3 is 1.71 bits per heavy atom. The van der Waals surface area contributed by atoms with Crippen LogP contribution in [0.2, 0.25) is 0 Å². The van der Waals surface area contributed by atoms with Gasteiger partial charge in [-0.2, -0.15) is 0 Å². The van der Waals surface area contributed by atoms with Crippen molar-refractivity contribution >= 4 is 38.6 Å². The van der Waals surface area contributed by atoms with Crippen LogP contribution in [0.25, 0.3) is 54.9 Å². The third-order valence-electron chi connectivity index (χ3n) is 11.4. The highest BCUT2D eigenvalue weighted by atomic mass is 15.1. The highest BCUT2D eigenvalue weighted by Crippen LogP contribution is 2.64. The predicted octanol–water partition coefficient (Wildman–Crippen LogP) is 13.5. The van der Waals surface area contributed by atoms with Gasteiger partial charge >= 0.3 is 0 Å². The molecule has 2 aliphatic carbocycles. The van der Waals surface area contributed by atoms with E-state index in [4.69, 9.17) is 0 Å². The van der Waals surface area contributed by atoms with Gasteiger partial charge in [-0.25, -0.2) is 0 Å². The molecule has 0 unspecified atom stereocenters. The Morgan fingerprint density at radius 1 is 0.327 bits per heavy atom. The molecule has 0 amide bonds. The summed E-state index contributed by atoms with van der Waals surface area (Å²) in [5.74, 6) is 0. The Bertz CT molecular complexity index is 2800. The summed E-state index contributed by atoms with van der Waals surface area (Å²) in [6.07, 6.45) is 0. The van der Waals surface area contributed by atoms with Gasteiger partial charge in [0, 0.05) is 16.9 Å². The number of fused-ring (bicyclic) bond motifs is 13. The molecule has 9 aromatic rings. The van der Waals surface area contributed by atoms with Gasteiger partial charge in [0.1, 0.15) is 0 Å². The number of hydrogen-bond donors (Lipinski definition) is 0. The summed E-state index contributed by atoms with van der Waals surface area (Å²) in [4.78, 5) is 2.41. The number of anilines is 3. The molecular weight excluding hydrogens is 627 g/mol. The zero-order valence-electron chi connectivity index (χ0n) is 28.5. The van der Waals surface area contributed by atoms with E-state index in [9.17, 15) is 0 Å². The van der Waals surface area contributed by atoms with Crippen molar-refractivity contribution in [3.63, 3.8) is 0 Å². The first kappa shape index (κ1) is 29.1. The number of benzene rings is 9. The molecule has 1 nitrogen and oxygen atoms in total. The lowest BCUT2D eigenvalue weighted by Crippen LogP contribution is -2.26. The first-order chi connectivity index (χ1) is 25.8. The molecule has 0 fully saturated rings. The summed E-state index contributed by atoms with van der Waals surface area (Å²) in [7, 11) is 0. The van der Waals surface area contributed by atoms with E-state index in [1.165, 1.54) is 77.2 Å². The quantitative estimate of drug-likeness (QED) is 0.182. The molecule has 0 heterocycles. The first-order valence-corrected chi connectivity index (χ1v) is 18.1. The molecule has 11 rings (SSSR count). The van der Waals surface area contributed by atoms with Gasteiger partial charge in [0.2, 0.25) is 0 Å². The second kappa shape index (κ2) is 11.2. The molecule has 0 N–H and O–H groups in total. The fraction of sp³-hybridized carbons (Fsp3) is 0.0196. The molecule has 1 spiro atoms. The van der Waals surface area contributed by atoms with Crippen LogP contribution in [0.1, 0.15) is 22.3 Å². The highest BCUT2D eigenvalue weighted by molar-refractivity contribution is 6.06. The van der Waals surface area contributed by atoms with Crippen molar-refractivity contribution in [2.24, 2.45) is 0 Å². The van der Waals surface area contributed by atoms with Crippen LogP contribution >= 0.6 is 0 Å². The Morgan fingerprint density at radius 2 is 0.942 bits per heavy atom. The summed E-state index contributed by atoms with van der Waals surface area (Å²) in [6.45, 7) is 0. The molecule has 52 heavy (non-hydrogen) atoms. The van der Waals surface area contributed by atoms with Crippen molar-refractivity contribution in [1.29, 1.82) is 0 Å². The van der Waals surface area contributed by atoms with E-state index in [0.29, 0.717) is 0 Å². The van der Waals surface area contributed by atoms with Crippen molar-refractivity contribution in [2.45, 2.75) is 5.41 Å². The number of rotatable bonds is 4. The monoisotopic (exact) mass is 659 g/mol. The van der Waals surface area contributed by atoms with Crippen LogP contribution in [0, 0.1) is 0 Å². The number of hydrogen-bond acceptors (Lipinski definition) is 1. The molecular formula is C51H33N. The van der Waals surface area contributed by atoms with Crippen LogP contribution in [-0.2, 0) is 5.41 Å². The second-order valence-corrected chi connectivity index (χ2v) is 14.0. The first-order valence-electron chi connectivity index (χ1n) is 18.1. The van der Waals surface area contributed by atoms with Gasteiger partial charge in [0.05, 0.1) is 11.1 Å². The fourth-order valence-electron chi connectivity index (χ4n) is 9.32. The van der Waals surface area contributed by atoms with Gasteiger partial charge in [0.25, 0.3) is 0 Å². The highest BCUT2D eigenvalue weighted by Gasteiger charge is 2.52. The van der Waals surface area contributed by atoms with E-state index in [1.54, 1.807) is 0 Å². The molecule has 0 radical (unpaired) electrons. The van der Waals surface area contributed by atoms with Crippen LogP contribution in [0.15, 0.2) is 200 Å². The van der Waals surface area contributed by atoms with Gasteiger partial charge in [0.15, 0.2) is 0 Å². The maximum absolute atomic E-state index is 2.51. The molecule has 0 saturated heterocycles. The third kappa shape index (κ3) is 3.99. The summed E-state index contributed by atoms with van der Waals surface area (Å²) < 4.78 is 0. The Hall–Kier alpha value is -6.70. The molecule has 1 heteroatoms. The molecule has 0 atom stereocenters. The molecule has 0 saturated carbocycles. The maximum atomic E-state index is 2.51. The molecule has 9 aromatic carbocycles. The number of para-hydroxylation sites is 2. The van der Waals surface area contributed by atoms with Gasteiger partial charge < -0.3 is 4.90 Å². The van der Waals surface area contributed by atoms with Gasteiger partial charge in [-0.05, 0) is 114 Å². The lowest BCUT2D eigenvalue weighted by molar-refractivity contribution is 0.802. The van der Waals surface area contributed by atoms with Crippen molar-refractivity contribution in [1.82, 2.24) is 0 Å². The van der Waals surface area contributed by atoms with Crippen LogP contribution in [-0.4, -0.2) is 0 Å². The maximum Gasteiger partial charge on any atom is 0.0731 e. The van der Waals surface area contributed by atoms with E-state index in [1.807, 2.05) is 0 Å². The minimum absolute atomic E-state index is 0.429. The van der Waals surface area contributed by atoms with Gasteiger partial charge in [-0.3, -0.25) is 0 Å². The lowest BCUT2D eigenvalue weighted by atomic mass is 9.69. The summed E-state index contributed by atoms with van der Waals surface area (Å²) in [6, 6.07) is 74.0. The largest absolute Gasteiger partial charge is 0.310 e. The van der Waals surface area contributed by atoms with Crippen molar-refractivity contribution in [3.05, 3.63) is 222 Å². The lowest BCUT2D eigenvalue weighted by Gasteiger charge is -2.32. The zero-order chi connectivity index (χ0) is 34.2. The SMILES string of the molecule is c1ccc(-c2ccccc2N(c2ccccc2)c2ccc3cc4c(cc3c2)C2(c3ccccc3-c3ccccc32)c2c-4ccc3ccccc23)cc1. The molecule has 0 aromatic heterocycles. The smallest absolute Gasteiger partial charge is 0.0731 e. The zero-order valence-corrected chi connectivity index (χ0v) is 28.5. The third-order valence-corrected chi connectivity index (χ3v) is 11.4. The van der Waals surface area contributed by atoms with E-state index in [2.05, 4.69) is 205 Å². The fourth-order valence-corrected chi connectivity index (χ4v) is 9.32. The van der Waals surface area contributed by atoms with Crippen LogP contribution in [0.4, 0.5) is 17.1 Å². The van der Waals surface area contributed by atoms with Crippen molar-refractivity contribution in [2.75, 3.05) is 4.90 Å². The van der Waals surface area contributed by atoms with E-state index >= 15 is 0 Å². The Balaban J connectivity index is 1.20. The van der Waals surface area contributed by atoms with Crippen LogP contribution < -0.4 is 4.90 Å². The Labute approximate surface area is 303 Å². The summed E-state index contributed by atoms with van der Waals surface area (Å²) in [5.41, 5.74) is 16.2. The van der Waals surface area contributed by atoms with Gasteiger partial charge in [-0.1, -0.05) is 158 Å². The normalized spacial score (nSPS) is 13.2. The van der Waals surface area contributed by atoms with E-state index in [-0.39, 0.29) is 0 Å². The average molecular weight is 660 g/mol. The summed E-state index contributed by atoms with van der Waals surface area (Å²) in [5, 5.41) is 5.06.